The molecule has 3 nitrogen and oxygen atoms in total. The van der Waals surface area contributed by atoms with Gasteiger partial charge in [-0.05, 0) is 6.26 Å². The molecule has 66 valence electrons. The minimum absolute atomic E-state index is 0.0893. The van der Waals surface area contributed by atoms with Crippen LogP contribution in [0, 0.1) is 0 Å². The van der Waals surface area contributed by atoms with Crippen molar-refractivity contribution in [2.45, 2.75) is 12.2 Å². The maximum Gasteiger partial charge on any atom is 0.308 e. The molecule has 0 saturated carbocycles. The van der Waals surface area contributed by atoms with Gasteiger partial charge in [-0.1, -0.05) is 0 Å². The van der Waals surface area contributed by atoms with Crippen LogP contribution in [0.25, 0.3) is 0 Å². The van der Waals surface area contributed by atoms with E-state index >= 15 is 0 Å². The summed E-state index contributed by atoms with van der Waals surface area (Å²) >= 11 is 3.16. The lowest BCUT2D eigenvalue weighted by Gasteiger charge is -1.87. The molecule has 0 fully saturated rings. The topological polar surface area (TPSA) is 50.2 Å². The molecule has 0 atom stereocenters. The average molecular weight is 203 g/mol. The van der Waals surface area contributed by atoms with Crippen molar-refractivity contribution >= 4 is 29.1 Å². The second-order valence-corrected chi connectivity index (χ2v) is 4.29. The molecule has 0 unspecified atom stereocenters. The number of hydrogen-bond acceptors (Lipinski definition) is 4. The number of aromatic nitrogens is 1. The van der Waals surface area contributed by atoms with Gasteiger partial charge in [-0.15, -0.1) is 11.3 Å². The monoisotopic (exact) mass is 203 g/mol. The Balaban J connectivity index is 2.58. The van der Waals surface area contributed by atoms with Crippen molar-refractivity contribution in [2.75, 3.05) is 6.26 Å². The van der Waals surface area contributed by atoms with E-state index < -0.39 is 5.97 Å². The van der Waals surface area contributed by atoms with Crippen molar-refractivity contribution in [1.82, 2.24) is 4.98 Å². The summed E-state index contributed by atoms with van der Waals surface area (Å²) in [5, 5.41) is 9.48. The van der Waals surface area contributed by atoms with E-state index in [0.29, 0.717) is 0 Å². The summed E-state index contributed by atoms with van der Waals surface area (Å²) in [5.41, 5.74) is 0. The number of carboxylic acid groups (broad SMARTS) is 1. The normalized spacial score (nSPS) is 10.1. The van der Waals surface area contributed by atoms with Crippen LogP contribution < -0.4 is 0 Å². The van der Waals surface area contributed by atoms with Gasteiger partial charge in [0.2, 0.25) is 0 Å². The molecule has 12 heavy (non-hydrogen) atoms. The molecule has 0 aliphatic rings. The Morgan fingerprint density at radius 2 is 2.58 bits per heavy atom. The van der Waals surface area contributed by atoms with Crippen molar-refractivity contribution in [3.05, 3.63) is 16.1 Å². The Kier molecular flexibility index (Phi) is 3.55. The van der Waals surface area contributed by atoms with Gasteiger partial charge in [0.1, 0.15) is 5.01 Å². The molecule has 0 saturated heterocycles. The van der Waals surface area contributed by atoms with Crippen molar-refractivity contribution in [3.63, 3.8) is 0 Å². The lowest BCUT2D eigenvalue weighted by atomic mass is 10.4. The molecule has 0 amide bonds. The third-order valence-corrected chi connectivity index (χ3v) is 2.94. The Morgan fingerprint density at radius 3 is 3.17 bits per heavy atom. The van der Waals surface area contributed by atoms with Crippen LogP contribution in [0.3, 0.4) is 0 Å². The first kappa shape index (κ1) is 9.54. The zero-order valence-corrected chi connectivity index (χ0v) is 8.24. The third kappa shape index (κ3) is 2.83. The van der Waals surface area contributed by atoms with Gasteiger partial charge in [-0.25, -0.2) is 4.98 Å². The first-order valence-corrected chi connectivity index (χ1v) is 5.57. The summed E-state index contributed by atoms with van der Waals surface area (Å²) in [5.74, 6) is 0.0685. The number of nitrogens with zero attached hydrogens (tertiary/aromatic N) is 1. The van der Waals surface area contributed by atoms with Crippen LogP contribution in [0.1, 0.15) is 9.88 Å². The fourth-order valence-corrected chi connectivity index (χ4v) is 2.39. The van der Waals surface area contributed by atoms with Gasteiger partial charge < -0.3 is 5.11 Å². The molecule has 5 heteroatoms. The van der Waals surface area contributed by atoms with Gasteiger partial charge in [-0.3, -0.25) is 4.79 Å². The smallest absolute Gasteiger partial charge is 0.308 e. The largest absolute Gasteiger partial charge is 0.481 e. The highest BCUT2D eigenvalue weighted by Gasteiger charge is 2.04. The SMILES string of the molecule is CSCc1ncc(CC(=O)O)s1. The number of aliphatic carboxylic acids is 1. The van der Waals surface area contributed by atoms with Crippen molar-refractivity contribution < 1.29 is 9.90 Å². The molecular formula is C7H9NO2S2. The molecule has 0 bridgehead atoms. The number of carbonyl (C=O) groups is 1. The fraction of sp³-hybridized carbons (Fsp3) is 0.429. The second-order valence-electron chi connectivity index (χ2n) is 2.22. The Hall–Kier alpha value is -0.550. The zero-order chi connectivity index (χ0) is 8.97. The molecule has 0 radical (unpaired) electrons. The van der Waals surface area contributed by atoms with Crippen LogP contribution >= 0.6 is 23.1 Å². The molecule has 1 heterocycles. The standard InChI is InChI=1S/C7H9NO2S2/c1-11-4-6-8-3-5(12-6)2-7(9)10/h3H,2,4H2,1H3,(H,9,10). The van der Waals surface area contributed by atoms with Crippen molar-refractivity contribution in [1.29, 1.82) is 0 Å². The first-order valence-electron chi connectivity index (χ1n) is 3.36. The highest BCUT2D eigenvalue weighted by atomic mass is 32.2. The Labute approximate surface area is 78.8 Å². The molecule has 1 rings (SSSR count). The zero-order valence-electron chi connectivity index (χ0n) is 6.61. The maximum absolute atomic E-state index is 10.3. The molecule has 1 aromatic heterocycles. The van der Waals surface area contributed by atoms with E-state index in [1.165, 1.54) is 11.3 Å². The number of rotatable bonds is 4. The maximum atomic E-state index is 10.3. The molecule has 1 aromatic rings. The molecule has 0 spiro atoms. The minimum Gasteiger partial charge on any atom is -0.481 e. The Morgan fingerprint density at radius 1 is 1.83 bits per heavy atom. The predicted molar refractivity (Wildman–Crippen MR) is 50.7 cm³/mol. The minimum atomic E-state index is -0.797. The highest BCUT2D eigenvalue weighted by molar-refractivity contribution is 7.97. The average Bonchev–Trinajstić information content (AvgIpc) is 2.36. The quantitative estimate of drug-likeness (QED) is 0.808. The van der Waals surface area contributed by atoms with Crippen molar-refractivity contribution in [3.8, 4) is 0 Å². The first-order chi connectivity index (χ1) is 5.72. The van der Waals surface area contributed by atoms with Crippen LogP contribution in [0.2, 0.25) is 0 Å². The van der Waals surface area contributed by atoms with Crippen LogP contribution in [0.15, 0.2) is 6.20 Å². The van der Waals surface area contributed by atoms with Gasteiger partial charge >= 0.3 is 5.97 Å². The summed E-state index contributed by atoms with van der Waals surface area (Å²) in [6, 6.07) is 0. The number of thiazole rings is 1. The van der Waals surface area contributed by atoms with E-state index in [1.54, 1.807) is 18.0 Å². The van der Waals surface area contributed by atoms with Gasteiger partial charge in [0, 0.05) is 16.8 Å². The van der Waals surface area contributed by atoms with Gasteiger partial charge in [0.25, 0.3) is 0 Å². The molecule has 0 aromatic carbocycles. The lowest BCUT2D eigenvalue weighted by Crippen LogP contribution is -1.97. The third-order valence-electron chi connectivity index (χ3n) is 1.19. The van der Waals surface area contributed by atoms with Gasteiger partial charge in [-0.2, -0.15) is 11.8 Å². The van der Waals surface area contributed by atoms with E-state index in [4.69, 9.17) is 5.11 Å². The number of carboxylic acids is 1. The van der Waals surface area contributed by atoms with Gasteiger partial charge in [0.05, 0.1) is 6.42 Å². The molecule has 0 aliphatic heterocycles. The summed E-state index contributed by atoms with van der Waals surface area (Å²) < 4.78 is 0. The lowest BCUT2D eigenvalue weighted by molar-refractivity contribution is -0.136. The van der Waals surface area contributed by atoms with Crippen LogP contribution in [0.4, 0.5) is 0 Å². The van der Waals surface area contributed by atoms with E-state index in [2.05, 4.69) is 4.98 Å². The molecular weight excluding hydrogens is 194 g/mol. The van der Waals surface area contributed by atoms with Gasteiger partial charge in [0.15, 0.2) is 0 Å². The van der Waals surface area contributed by atoms with Crippen LogP contribution in [0.5, 0.6) is 0 Å². The van der Waals surface area contributed by atoms with Crippen LogP contribution in [-0.2, 0) is 17.0 Å². The second kappa shape index (κ2) is 4.47. The Bertz CT molecular complexity index is 272. The summed E-state index contributed by atoms with van der Waals surface area (Å²) in [7, 11) is 0. The van der Waals surface area contributed by atoms with E-state index in [9.17, 15) is 4.79 Å². The summed E-state index contributed by atoms with van der Waals surface area (Å²) in [4.78, 5) is 15.2. The number of thioether (sulfide) groups is 1. The summed E-state index contributed by atoms with van der Waals surface area (Å²) in [6.07, 6.45) is 3.73. The molecule has 0 aliphatic carbocycles. The van der Waals surface area contributed by atoms with E-state index in [-0.39, 0.29) is 6.42 Å². The highest BCUT2D eigenvalue weighted by Crippen LogP contribution is 2.17. The molecule has 1 N–H and O–H groups in total. The predicted octanol–water partition coefficient (Wildman–Crippen LogP) is 1.63. The van der Waals surface area contributed by atoms with Crippen LogP contribution in [-0.4, -0.2) is 22.3 Å². The van der Waals surface area contributed by atoms with E-state index in [0.717, 1.165) is 15.6 Å². The summed E-state index contributed by atoms with van der Waals surface area (Å²) in [6.45, 7) is 0. The fourth-order valence-electron chi connectivity index (χ4n) is 0.769. The van der Waals surface area contributed by atoms with E-state index in [1.807, 2.05) is 6.26 Å². The van der Waals surface area contributed by atoms with Crippen molar-refractivity contribution in [2.24, 2.45) is 0 Å². The number of hydrogen-bond donors (Lipinski definition) is 1.